The summed E-state index contributed by atoms with van der Waals surface area (Å²) in [6.45, 7) is 3.68. The predicted molar refractivity (Wildman–Crippen MR) is 63.0 cm³/mol. The molecule has 0 unspecified atom stereocenters. The maximum absolute atomic E-state index is 11.2. The van der Waals surface area contributed by atoms with Crippen molar-refractivity contribution in [2.45, 2.75) is 19.3 Å². The summed E-state index contributed by atoms with van der Waals surface area (Å²) in [5.74, 6) is 0.669. The largest absolute Gasteiger partial charge is 0.381 e. The number of rotatable bonds is 1. The molecular weight excluding hydrogens is 218 g/mol. The maximum atomic E-state index is 11.2. The highest BCUT2D eigenvalue weighted by Crippen LogP contribution is 2.39. The monoisotopic (exact) mass is 234 g/mol. The minimum atomic E-state index is -0.209. The second-order valence-corrected chi connectivity index (χ2v) is 4.97. The van der Waals surface area contributed by atoms with Gasteiger partial charge in [-0.3, -0.25) is 9.78 Å². The number of nitrogens with one attached hydrogen (secondary N) is 1. The van der Waals surface area contributed by atoms with E-state index in [0.717, 1.165) is 39.1 Å². The van der Waals surface area contributed by atoms with E-state index in [1.807, 2.05) is 0 Å². The number of H-pyrrole nitrogens is 1. The van der Waals surface area contributed by atoms with Crippen molar-refractivity contribution in [2.24, 2.45) is 5.41 Å². The SMILES string of the molecule is O=c1[c]cnc(N2CCC3(CCOC3)CC2)[nH]1. The van der Waals surface area contributed by atoms with Crippen molar-refractivity contribution in [2.75, 3.05) is 31.2 Å². The Morgan fingerprint density at radius 3 is 2.88 bits per heavy atom. The average Bonchev–Trinajstić information content (AvgIpc) is 2.79. The molecule has 2 fully saturated rings. The fourth-order valence-electron chi connectivity index (χ4n) is 2.72. The van der Waals surface area contributed by atoms with Crippen molar-refractivity contribution in [1.29, 1.82) is 0 Å². The molecule has 1 N–H and O–H groups in total. The fourth-order valence-corrected chi connectivity index (χ4v) is 2.72. The molecule has 2 saturated heterocycles. The molecule has 91 valence electrons. The van der Waals surface area contributed by atoms with Gasteiger partial charge in [0.15, 0.2) is 0 Å². The zero-order chi connectivity index (χ0) is 11.7. The summed E-state index contributed by atoms with van der Waals surface area (Å²) in [6, 6.07) is 2.49. The third-order valence-corrected chi connectivity index (χ3v) is 3.92. The highest BCUT2D eigenvalue weighted by atomic mass is 16.5. The normalized spacial score (nSPS) is 23.2. The van der Waals surface area contributed by atoms with Crippen LogP contribution in [-0.4, -0.2) is 36.3 Å². The van der Waals surface area contributed by atoms with Crippen LogP contribution in [0.1, 0.15) is 19.3 Å². The van der Waals surface area contributed by atoms with Gasteiger partial charge in [-0.1, -0.05) is 0 Å². The first-order valence-corrected chi connectivity index (χ1v) is 6.07. The van der Waals surface area contributed by atoms with Crippen LogP contribution in [0.2, 0.25) is 0 Å². The topological polar surface area (TPSA) is 58.2 Å². The van der Waals surface area contributed by atoms with Gasteiger partial charge in [-0.15, -0.1) is 0 Å². The van der Waals surface area contributed by atoms with E-state index in [4.69, 9.17) is 4.74 Å². The molecule has 1 spiro atoms. The first-order chi connectivity index (χ1) is 8.27. The zero-order valence-corrected chi connectivity index (χ0v) is 9.74. The Kier molecular flexibility index (Phi) is 2.63. The summed E-state index contributed by atoms with van der Waals surface area (Å²) < 4.78 is 5.50. The minimum Gasteiger partial charge on any atom is -0.381 e. The van der Waals surface area contributed by atoms with Crippen molar-refractivity contribution in [3.8, 4) is 0 Å². The van der Waals surface area contributed by atoms with Crippen LogP contribution in [0.15, 0.2) is 11.0 Å². The smallest absolute Gasteiger partial charge is 0.260 e. The second kappa shape index (κ2) is 4.14. The lowest BCUT2D eigenvalue weighted by molar-refractivity contribution is 0.133. The van der Waals surface area contributed by atoms with Gasteiger partial charge < -0.3 is 9.64 Å². The summed E-state index contributed by atoms with van der Waals surface area (Å²) in [4.78, 5) is 20.2. The van der Waals surface area contributed by atoms with Crippen LogP contribution >= 0.6 is 0 Å². The third kappa shape index (κ3) is 2.07. The van der Waals surface area contributed by atoms with Crippen molar-refractivity contribution >= 4 is 5.95 Å². The molecule has 0 bridgehead atoms. The van der Waals surface area contributed by atoms with Crippen LogP contribution in [0.5, 0.6) is 0 Å². The average molecular weight is 234 g/mol. The van der Waals surface area contributed by atoms with Gasteiger partial charge in [-0.25, -0.2) is 4.98 Å². The fraction of sp³-hybridized carbons (Fsp3) is 0.667. The highest BCUT2D eigenvalue weighted by molar-refractivity contribution is 5.29. The standard InChI is InChI=1S/C12H16N3O2/c16-10-1-5-13-11(14-10)15-6-2-12(3-7-15)4-8-17-9-12/h5H,2-4,6-9H2,(H,13,14,16). The van der Waals surface area contributed by atoms with Crippen LogP contribution < -0.4 is 10.5 Å². The number of piperidine rings is 1. The lowest BCUT2D eigenvalue weighted by Gasteiger charge is -2.38. The van der Waals surface area contributed by atoms with Crippen molar-refractivity contribution in [3.05, 3.63) is 22.6 Å². The molecular formula is C12H16N3O2. The van der Waals surface area contributed by atoms with E-state index in [0.29, 0.717) is 11.4 Å². The number of ether oxygens (including phenoxy) is 1. The van der Waals surface area contributed by atoms with Gasteiger partial charge in [-0.05, 0) is 24.7 Å². The van der Waals surface area contributed by atoms with Crippen LogP contribution in [-0.2, 0) is 4.74 Å². The first-order valence-electron chi connectivity index (χ1n) is 6.07. The molecule has 0 aliphatic carbocycles. The molecule has 5 nitrogen and oxygen atoms in total. The molecule has 0 saturated carbocycles. The van der Waals surface area contributed by atoms with Gasteiger partial charge in [0.2, 0.25) is 5.95 Å². The van der Waals surface area contributed by atoms with Crippen molar-refractivity contribution < 1.29 is 4.74 Å². The minimum absolute atomic E-state index is 0.209. The Balaban J connectivity index is 1.70. The predicted octanol–water partition coefficient (Wildman–Crippen LogP) is 0.577. The molecule has 3 heterocycles. The molecule has 17 heavy (non-hydrogen) atoms. The molecule has 1 radical (unpaired) electrons. The van der Waals surface area contributed by atoms with Gasteiger partial charge in [0.05, 0.1) is 12.7 Å². The van der Waals surface area contributed by atoms with E-state index in [2.05, 4.69) is 20.9 Å². The first kappa shape index (κ1) is 10.8. The summed E-state index contributed by atoms with van der Waals surface area (Å²) >= 11 is 0. The molecule has 0 amide bonds. The lowest BCUT2D eigenvalue weighted by atomic mass is 9.78. The highest BCUT2D eigenvalue weighted by Gasteiger charge is 2.38. The Bertz CT molecular complexity index is 441. The Labute approximate surface area is 99.8 Å². The van der Waals surface area contributed by atoms with Gasteiger partial charge in [-0.2, -0.15) is 0 Å². The van der Waals surface area contributed by atoms with Crippen LogP contribution in [0, 0.1) is 11.5 Å². The van der Waals surface area contributed by atoms with Crippen molar-refractivity contribution in [1.82, 2.24) is 9.97 Å². The van der Waals surface area contributed by atoms with Gasteiger partial charge >= 0.3 is 0 Å². The van der Waals surface area contributed by atoms with E-state index in [1.165, 1.54) is 12.6 Å². The van der Waals surface area contributed by atoms with Crippen LogP contribution in [0.4, 0.5) is 5.95 Å². The molecule has 2 aliphatic heterocycles. The molecule has 2 aliphatic rings. The molecule has 3 rings (SSSR count). The van der Waals surface area contributed by atoms with E-state index in [1.54, 1.807) is 0 Å². The van der Waals surface area contributed by atoms with Gasteiger partial charge in [0.25, 0.3) is 5.56 Å². The molecule has 5 heteroatoms. The van der Waals surface area contributed by atoms with E-state index < -0.39 is 0 Å². The van der Waals surface area contributed by atoms with E-state index >= 15 is 0 Å². The van der Waals surface area contributed by atoms with Crippen LogP contribution in [0.3, 0.4) is 0 Å². The quantitative estimate of drug-likeness (QED) is 0.772. The summed E-state index contributed by atoms with van der Waals surface area (Å²) in [7, 11) is 0. The number of hydrogen-bond acceptors (Lipinski definition) is 4. The summed E-state index contributed by atoms with van der Waals surface area (Å²) in [5.41, 5.74) is 0.178. The van der Waals surface area contributed by atoms with Gasteiger partial charge in [0, 0.05) is 25.9 Å². The third-order valence-electron chi connectivity index (χ3n) is 3.92. The molecule has 0 aromatic carbocycles. The Morgan fingerprint density at radius 1 is 1.41 bits per heavy atom. The lowest BCUT2D eigenvalue weighted by Crippen LogP contribution is -2.41. The molecule has 0 atom stereocenters. The number of aromatic nitrogens is 2. The molecule has 1 aromatic heterocycles. The van der Waals surface area contributed by atoms with Crippen LogP contribution in [0.25, 0.3) is 0 Å². The summed E-state index contributed by atoms with van der Waals surface area (Å²) in [6.07, 6.45) is 4.86. The Morgan fingerprint density at radius 2 is 2.24 bits per heavy atom. The summed E-state index contributed by atoms with van der Waals surface area (Å²) in [5, 5.41) is 0. The number of aromatic amines is 1. The number of hydrogen-bond donors (Lipinski definition) is 1. The second-order valence-electron chi connectivity index (χ2n) is 4.97. The molecule has 1 aromatic rings. The van der Waals surface area contributed by atoms with E-state index in [-0.39, 0.29) is 5.56 Å². The maximum Gasteiger partial charge on any atom is 0.260 e. The zero-order valence-electron chi connectivity index (χ0n) is 9.74. The number of anilines is 1. The van der Waals surface area contributed by atoms with E-state index in [9.17, 15) is 4.79 Å². The van der Waals surface area contributed by atoms with Gasteiger partial charge in [0.1, 0.15) is 0 Å². The number of nitrogens with zero attached hydrogens (tertiary/aromatic N) is 2. The Hall–Kier alpha value is -1.36. The van der Waals surface area contributed by atoms with Crippen molar-refractivity contribution in [3.63, 3.8) is 0 Å².